The number of rotatable bonds is 6. The fourth-order valence-electron chi connectivity index (χ4n) is 3.76. The van der Waals surface area contributed by atoms with E-state index in [2.05, 4.69) is 22.2 Å². The Morgan fingerprint density at radius 1 is 1.23 bits per heavy atom. The Labute approximate surface area is 154 Å². The van der Waals surface area contributed by atoms with Crippen LogP contribution in [0.1, 0.15) is 29.8 Å². The number of aryl methyl sites for hydroxylation is 1. The minimum atomic E-state index is -0.232. The molecule has 1 aromatic heterocycles. The molecule has 0 spiro atoms. The second-order valence-electron chi connectivity index (χ2n) is 7.39. The van der Waals surface area contributed by atoms with Gasteiger partial charge in [0, 0.05) is 43.5 Å². The van der Waals surface area contributed by atoms with Crippen molar-refractivity contribution in [2.75, 3.05) is 26.2 Å². The molecule has 1 saturated carbocycles. The Morgan fingerprint density at radius 2 is 2.00 bits per heavy atom. The van der Waals surface area contributed by atoms with E-state index in [9.17, 15) is 4.39 Å². The van der Waals surface area contributed by atoms with E-state index >= 15 is 0 Å². The molecule has 0 bridgehead atoms. The first-order chi connectivity index (χ1) is 12.6. The summed E-state index contributed by atoms with van der Waals surface area (Å²) in [6, 6.07) is 7.26. The molecular formula is C20H27FN4O. The summed E-state index contributed by atoms with van der Waals surface area (Å²) in [4.78, 5) is 2.57. The van der Waals surface area contributed by atoms with E-state index in [1.165, 1.54) is 30.5 Å². The molecule has 0 unspecified atom stereocenters. The first-order valence-electron chi connectivity index (χ1n) is 9.49. The molecule has 26 heavy (non-hydrogen) atoms. The minimum absolute atomic E-state index is 0.232. The lowest BCUT2D eigenvalue weighted by molar-refractivity contribution is -0.0301. The molecule has 0 amide bonds. The molecule has 2 fully saturated rings. The summed E-state index contributed by atoms with van der Waals surface area (Å²) in [6.45, 7) is 8.64. The fraction of sp³-hybridized carbons (Fsp3) is 0.550. The van der Waals surface area contributed by atoms with E-state index in [-0.39, 0.29) is 11.9 Å². The predicted molar refractivity (Wildman–Crippen MR) is 99.0 cm³/mol. The molecular weight excluding hydrogens is 331 g/mol. The van der Waals surface area contributed by atoms with Gasteiger partial charge >= 0.3 is 0 Å². The van der Waals surface area contributed by atoms with Crippen LogP contribution >= 0.6 is 0 Å². The monoisotopic (exact) mass is 358 g/mol. The zero-order valence-corrected chi connectivity index (χ0v) is 15.5. The van der Waals surface area contributed by atoms with Crippen LogP contribution in [0.3, 0.4) is 0 Å². The van der Waals surface area contributed by atoms with Gasteiger partial charge in [-0.05, 0) is 51.0 Å². The quantitative estimate of drug-likeness (QED) is 0.862. The van der Waals surface area contributed by atoms with Crippen LogP contribution < -0.4 is 5.32 Å². The number of benzene rings is 1. The molecule has 1 aliphatic carbocycles. The fourth-order valence-corrected chi connectivity index (χ4v) is 3.76. The first-order valence-corrected chi connectivity index (χ1v) is 9.49. The van der Waals surface area contributed by atoms with Crippen molar-refractivity contribution < 1.29 is 9.13 Å². The summed E-state index contributed by atoms with van der Waals surface area (Å²) in [6.07, 6.45) is 2.96. The van der Waals surface area contributed by atoms with Gasteiger partial charge in [0.1, 0.15) is 5.82 Å². The van der Waals surface area contributed by atoms with Crippen LogP contribution in [0.15, 0.2) is 24.3 Å². The maximum Gasteiger partial charge on any atom is 0.123 e. The topological polar surface area (TPSA) is 42.3 Å². The molecule has 6 heteroatoms. The van der Waals surface area contributed by atoms with Gasteiger partial charge in [-0.25, -0.2) is 9.07 Å². The van der Waals surface area contributed by atoms with E-state index < -0.39 is 0 Å². The number of halogens is 1. The molecule has 1 aliphatic heterocycles. The summed E-state index contributed by atoms with van der Waals surface area (Å²) in [5.74, 6) is -0.232. The SMILES string of the molecule is Cc1nn(-c2ccc(F)cc2)c(C)c1CNC[C@H]1CN(C2CC2)CCO1. The highest BCUT2D eigenvalue weighted by Gasteiger charge is 2.32. The number of morpholine rings is 1. The highest BCUT2D eigenvalue weighted by Crippen LogP contribution is 2.28. The number of ether oxygens (including phenoxy) is 1. The van der Waals surface area contributed by atoms with Gasteiger partial charge in [-0.3, -0.25) is 4.90 Å². The molecule has 4 rings (SSSR count). The molecule has 5 nitrogen and oxygen atoms in total. The van der Waals surface area contributed by atoms with Crippen molar-refractivity contribution >= 4 is 0 Å². The number of aromatic nitrogens is 2. The van der Waals surface area contributed by atoms with Crippen LogP contribution in [0.4, 0.5) is 4.39 Å². The van der Waals surface area contributed by atoms with E-state index in [0.717, 1.165) is 55.9 Å². The number of nitrogens with one attached hydrogen (secondary N) is 1. The van der Waals surface area contributed by atoms with Crippen LogP contribution in [-0.2, 0) is 11.3 Å². The third-order valence-corrected chi connectivity index (χ3v) is 5.42. The normalized spacial score (nSPS) is 21.3. The summed E-state index contributed by atoms with van der Waals surface area (Å²) in [5, 5.41) is 8.18. The molecule has 1 aromatic carbocycles. The maximum absolute atomic E-state index is 13.2. The molecule has 2 aromatic rings. The maximum atomic E-state index is 13.2. The Kier molecular flexibility index (Phi) is 5.07. The van der Waals surface area contributed by atoms with Gasteiger partial charge in [0.05, 0.1) is 24.1 Å². The van der Waals surface area contributed by atoms with E-state index in [0.29, 0.717) is 0 Å². The second kappa shape index (κ2) is 7.47. The van der Waals surface area contributed by atoms with Gasteiger partial charge in [-0.1, -0.05) is 0 Å². The van der Waals surface area contributed by atoms with Gasteiger partial charge in [-0.2, -0.15) is 5.10 Å². The summed E-state index contributed by atoms with van der Waals surface area (Å²) >= 11 is 0. The number of hydrogen-bond donors (Lipinski definition) is 1. The lowest BCUT2D eigenvalue weighted by Crippen LogP contribution is -2.47. The lowest BCUT2D eigenvalue weighted by atomic mass is 10.2. The molecule has 1 saturated heterocycles. The average Bonchev–Trinajstić information content (AvgIpc) is 3.45. The van der Waals surface area contributed by atoms with Crippen LogP contribution in [0, 0.1) is 19.7 Å². The largest absolute Gasteiger partial charge is 0.374 e. The smallest absolute Gasteiger partial charge is 0.123 e. The highest BCUT2D eigenvalue weighted by atomic mass is 19.1. The van der Waals surface area contributed by atoms with Crippen molar-refractivity contribution in [1.29, 1.82) is 0 Å². The molecule has 0 radical (unpaired) electrons. The van der Waals surface area contributed by atoms with Crippen LogP contribution in [0.5, 0.6) is 0 Å². The van der Waals surface area contributed by atoms with Crippen LogP contribution in [0.25, 0.3) is 5.69 Å². The van der Waals surface area contributed by atoms with Gasteiger partial charge < -0.3 is 10.1 Å². The third kappa shape index (κ3) is 3.82. The second-order valence-corrected chi connectivity index (χ2v) is 7.39. The third-order valence-electron chi connectivity index (χ3n) is 5.42. The molecule has 1 atom stereocenters. The van der Waals surface area contributed by atoms with Crippen molar-refractivity contribution in [3.05, 3.63) is 47.0 Å². The van der Waals surface area contributed by atoms with Crippen molar-refractivity contribution in [2.45, 2.75) is 45.4 Å². The number of nitrogens with zero attached hydrogens (tertiary/aromatic N) is 3. The predicted octanol–water partition coefficient (Wildman–Crippen LogP) is 2.58. The molecule has 2 heterocycles. The first kappa shape index (κ1) is 17.6. The Hall–Kier alpha value is -1.76. The Morgan fingerprint density at radius 3 is 2.73 bits per heavy atom. The van der Waals surface area contributed by atoms with Crippen molar-refractivity contribution in [1.82, 2.24) is 20.0 Å². The molecule has 2 aliphatic rings. The zero-order chi connectivity index (χ0) is 18.1. The highest BCUT2D eigenvalue weighted by molar-refractivity contribution is 5.37. The number of hydrogen-bond acceptors (Lipinski definition) is 4. The van der Waals surface area contributed by atoms with Gasteiger partial charge in [0.15, 0.2) is 0 Å². The Bertz CT molecular complexity index is 754. The standard InChI is InChI=1S/C20H27FN4O/c1-14-20(15(2)25(23-14)18-5-3-16(21)4-6-18)12-22-11-19-13-24(9-10-26-19)17-7-8-17/h3-6,17,19,22H,7-13H2,1-2H3/t19-/m0/s1. The van der Waals surface area contributed by atoms with E-state index in [1.807, 2.05) is 11.6 Å². The van der Waals surface area contributed by atoms with Gasteiger partial charge in [0.2, 0.25) is 0 Å². The van der Waals surface area contributed by atoms with Crippen LogP contribution in [0.2, 0.25) is 0 Å². The average molecular weight is 358 g/mol. The summed E-state index contributed by atoms with van der Waals surface area (Å²) < 4.78 is 21.0. The van der Waals surface area contributed by atoms with E-state index in [4.69, 9.17) is 4.74 Å². The summed E-state index contributed by atoms with van der Waals surface area (Å²) in [5.41, 5.74) is 4.17. The van der Waals surface area contributed by atoms with Gasteiger partial charge in [0.25, 0.3) is 0 Å². The van der Waals surface area contributed by atoms with Gasteiger partial charge in [-0.15, -0.1) is 0 Å². The van der Waals surface area contributed by atoms with Crippen molar-refractivity contribution in [3.63, 3.8) is 0 Å². The molecule has 1 N–H and O–H groups in total. The van der Waals surface area contributed by atoms with Crippen LogP contribution in [-0.4, -0.2) is 53.1 Å². The summed E-state index contributed by atoms with van der Waals surface area (Å²) in [7, 11) is 0. The Balaban J connectivity index is 1.36. The zero-order valence-electron chi connectivity index (χ0n) is 15.5. The molecule has 140 valence electrons. The van der Waals surface area contributed by atoms with Crippen molar-refractivity contribution in [3.8, 4) is 5.69 Å². The lowest BCUT2D eigenvalue weighted by Gasteiger charge is -2.33. The van der Waals surface area contributed by atoms with Crippen molar-refractivity contribution in [2.24, 2.45) is 0 Å². The van der Waals surface area contributed by atoms with E-state index in [1.54, 1.807) is 12.1 Å². The minimum Gasteiger partial charge on any atom is -0.374 e.